The molecule has 2 aliphatic heterocycles. The number of amides is 3. The Labute approximate surface area is 95.0 Å². The topological polar surface area (TPSA) is 43.9 Å². The van der Waals surface area contributed by atoms with Crippen molar-refractivity contribution >= 4 is 11.9 Å². The lowest BCUT2D eigenvalue weighted by atomic mass is 10.2. The molecule has 3 amide bonds. The molecule has 5 nitrogen and oxygen atoms in total. The standard InChI is InChI=1S/C11H17N3O2/c1-12-6-9-7-13(10(15)8-2-3-8)4-5-14(9)11(12)16/h8-9H,2-7H2,1H3/t9-/m0/s1. The maximum absolute atomic E-state index is 11.9. The summed E-state index contributed by atoms with van der Waals surface area (Å²) in [6.07, 6.45) is 2.12. The fourth-order valence-electron chi connectivity index (χ4n) is 2.67. The molecule has 0 bridgehead atoms. The summed E-state index contributed by atoms with van der Waals surface area (Å²) >= 11 is 0. The Bertz CT molecular complexity index is 340. The van der Waals surface area contributed by atoms with Gasteiger partial charge in [0.1, 0.15) is 0 Å². The first kappa shape index (κ1) is 9.93. The van der Waals surface area contributed by atoms with Crippen LogP contribution in [-0.2, 0) is 4.79 Å². The van der Waals surface area contributed by atoms with Crippen LogP contribution in [0.4, 0.5) is 4.79 Å². The van der Waals surface area contributed by atoms with Gasteiger partial charge >= 0.3 is 6.03 Å². The number of rotatable bonds is 1. The molecule has 1 saturated carbocycles. The van der Waals surface area contributed by atoms with Crippen LogP contribution in [0.5, 0.6) is 0 Å². The Morgan fingerprint density at radius 2 is 2.00 bits per heavy atom. The lowest BCUT2D eigenvalue weighted by molar-refractivity contribution is -0.134. The van der Waals surface area contributed by atoms with Gasteiger partial charge in [0.15, 0.2) is 0 Å². The molecule has 16 heavy (non-hydrogen) atoms. The van der Waals surface area contributed by atoms with Crippen LogP contribution < -0.4 is 0 Å². The molecule has 0 N–H and O–H groups in total. The monoisotopic (exact) mass is 223 g/mol. The van der Waals surface area contributed by atoms with Crippen molar-refractivity contribution in [2.45, 2.75) is 18.9 Å². The molecule has 2 heterocycles. The van der Waals surface area contributed by atoms with Gasteiger partial charge in [0.05, 0.1) is 6.04 Å². The first-order valence-electron chi connectivity index (χ1n) is 5.97. The van der Waals surface area contributed by atoms with Crippen molar-refractivity contribution < 1.29 is 9.59 Å². The molecule has 0 radical (unpaired) electrons. The van der Waals surface area contributed by atoms with Crippen LogP contribution in [0, 0.1) is 5.92 Å². The van der Waals surface area contributed by atoms with Gasteiger partial charge in [-0.1, -0.05) is 0 Å². The number of fused-ring (bicyclic) bond motifs is 1. The number of piperazine rings is 1. The lowest BCUT2D eigenvalue weighted by Gasteiger charge is -2.36. The molecule has 0 aromatic heterocycles. The van der Waals surface area contributed by atoms with E-state index in [1.807, 2.05) is 16.8 Å². The van der Waals surface area contributed by atoms with Gasteiger partial charge < -0.3 is 14.7 Å². The number of hydrogen-bond donors (Lipinski definition) is 0. The second kappa shape index (κ2) is 3.37. The molecule has 88 valence electrons. The van der Waals surface area contributed by atoms with Crippen molar-refractivity contribution in [1.29, 1.82) is 0 Å². The highest BCUT2D eigenvalue weighted by Crippen LogP contribution is 2.32. The molecular formula is C11H17N3O2. The van der Waals surface area contributed by atoms with Gasteiger partial charge in [0, 0.05) is 39.1 Å². The van der Waals surface area contributed by atoms with Gasteiger partial charge in [0.25, 0.3) is 0 Å². The van der Waals surface area contributed by atoms with Crippen LogP contribution in [-0.4, -0.2) is 65.9 Å². The van der Waals surface area contributed by atoms with Crippen LogP contribution in [0.15, 0.2) is 0 Å². The van der Waals surface area contributed by atoms with Gasteiger partial charge in [-0.05, 0) is 12.8 Å². The molecular weight excluding hydrogens is 206 g/mol. The summed E-state index contributed by atoms with van der Waals surface area (Å²) in [6, 6.07) is 0.331. The molecule has 3 fully saturated rings. The Morgan fingerprint density at radius 3 is 2.69 bits per heavy atom. The Balaban J connectivity index is 1.67. The highest BCUT2D eigenvalue weighted by molar-refractivity contribution is 5.82. The highest BCUT2D eigenvalue weighted by atomic mass is 16.2. The van der Waals surface area contributed by atoms with E-state index in [2.05, 4.69) is 0 Å². The van der Waals surface area contributed by atoms with Crippen molar-refractivity contribution in [1.82, 2.24) is 14.7 Å². The molecule has 5 heteroatoms. The number of carbonyl (C=O) groups is 2. The molecule has 1 aliphatic carbocycles. The normalized spacial score (nSPS) is 29.7. The molecule has 2 saturated heterocycles. The highest BCUT2D eigenvalue weighted by Gasteiger charge is 2.42. The van der Waals surface area contributed by atoms with Gasteiger partial charge in [0.2, 0.25) is 5.91 Å². The molecule has 0 aromatic carbocycles. The van der Waals surface area contributed by atoms with Crippen LogP contribution in [0.2, 0.25) is 0 Å². The van der Waals surface area contributed by atoms with Crippen LogP contribution in [0.1, 0.15) is 12.8 Å². The maximum atomic E-state index is 11.9. The predicted octanol–water partition coefficient (Wildman–Crippen LogP) is -0.0254. The summed E-state index contributed by atoms with van der Waals surface area (Å²) < 4.78 is 0. The van der Waals surface area contributed by atoms with E-state index in [9.17, 15) is 9.59 Å². The third-order valence-electron chi connectivity index (χ3n) is 3.78. The zero-order chi connectivity index (χ0) is 11.3. The Hall–Kier alpha value is -1.26. The van der Waals surface area contributed by atoms with E-state index in [0.717, 1.165) is 25.9 Å². The van der Waals surface area contributed by atoms with Crippen molar-refractivity contribution in [3.8, 4) is 0 Å². The molecule has 3 aliphatic rings. The zero-order valence-electron chi connectivity index (χ0n) is 9.56. The Kier molecular flexibility index (Phi) is 2.09. The fraction of sp³-hybridized carbons (Fsp3) is 0.818. The number of likely N-dealkylation sites (N-methyl/N-ethyl adjacent to an activating group) is 1. The number of hydrogen-bond acceptors (Lipinski definition) is 2. The number of urea groups is 1. The van der Waals surface area contributed by atoms with E-state index in [1.54, 1.807) is 4.90 Å². The molecule has 0 unspecified atom stereocenters. The second-order valence-electron chi connectivity index (χ2n) is 5.07. The van der Waals surface area contributed by atoms with E-state index in [4.69, 9.17) is 0 Å². The Morgan fingerprint density at radius 1 is 1.25 bits per heavy atom. The summed E-state index contributed by atoms with van der Waals surface area (Å²) in [6.45, 7) is 2.90. The summed E-state index contributed by atoms with van der Waals surface area (Å²) in [4.78, 5) is 29.2. The third kappa shape index (κ3) is 1.45. The minimum atomic E-state index is 0.114. The van der Waals surface area contributed by atoms with Crippen molar-refractivity contribution in [3.05, 3.63) is 0 Å². The van der Waals surface area contributed by atoms with E-state index < -0.39 is 0 Å². The fourth-order valence-corrected chi connectivity index (χ4v) is 2.67. The molecule has 1 atom stereocenters. The van der Waals surface area contributed by atoms with E-state index >= 15 is 0 Å². The van der Waals surface area contributed by atoms with Gasteiger partial charge in [-0.3, -0.25) is 4.79 Å². The maximum Gasteiger partial charge on any atom is 0.320 e. The average molecular weight is 223 g/mol. The van der Waals surface area contributed by atoms with E-state index in [1.165, 1.54) is 0 Å². The SMILES string of the molecule is CN1C[C@H]2CN(C(=O)C3CC3)CCN2C1=O. The minimum absolute atomic E-state index is 0.114. The molecule has 0 aromatic rings. The number of nitrogens with zero attached hydrogens (tertiary/aromatic N) is 3. The quantitative estimate of drug-likeness (QED) is 0.627. The van der Waals surface area contributed by atoms with Crippen molar-refractivity contribution in [2.24, 2.45) is 5.92 Å². The minimum Gasteiger partial charge on any atom is -0.339 e. The van der Waals surface area contributed by atoms with E-state index in [-0.39, 0.29) is 12.1 Å². The average Bonchev–Trinajstić information content (AvgIpc) is 3.07. The van der Waals surface area contributed by atoms with Gasteiger partial charge in [-0.25, -0.2) is 4.79 Å². The van der Waals surface area contributed by atoms with Crippen LogP contribution in [0.25, 0.3) is 0 Å². The number of carbonyl (C=O) groups excluding carboxylic acids is 2. The van der Waals surface area contributed by atoms with E-state index in [0.29, 0.717) is 24.9 Å². The summed E-state index contributed by atoms with van der Waals surface area (Å²) in [5, 5.41) is 0. The second-order valence-corrected chi connectivity index (χ2v) is 5.07. The zero-order valence-corrected chi connectivity index (χ0v) is 9.56. The first-order chi connectivity index (χ1) is 7.66. The van der Waals surface area contributed by atoms with Gasteiger partial charge in [-0.15, -0.1) is 0 Å². The summed E-state index contributed by atoms with van der Waals surface area (Å²) in [5.74, 6) is 0.600. The third-order valence-corrected chi connectivity index (χ3v) is 3.78. The molecule has 3 rings (SSSR count). The first-order valence-corrected chi connectivity index (χ1v) is 5.97. The van der Waals surface area contributed by atoms with Gasteiger partial charge in [-0.2, -0.15) is 0 Å². The van der Waals surface area contributed by atoms with Crippen molar-refractivity contribution in [2.75, 3.05) is 33.2 Å². The van der Waals surface area contributed by atoms with Crippen molar-refractivity contribution in [3.63, 3.8) is 0 Å². The summed E-state index contributed by atoms with van der Waals surface area (Å²) in [5.41, 5.74) is 0. The van der Waals surface area contributed by atoms with Crippen LogP contribution in [0.3, 0.4) is 0 Å². The predicted molar refractivity (Wildman–Crippen MR) is 57.8 cm³/mol. The lowest BCUT2D eigenvalue weighted by Crippen LogP contribution is -2.54. The smallest absolute Gasteiger partial charge is 0.320 e. The molecule has 0 spiro atoms. The van der Waals surface area contributed by atoms with Crippen LogP contribution >= 0.6 is 0 Å². The largest absolute Gasteiger partial charge is 0.339 e. The summed E-state index contributed by atoms with van der Waals surface area (Å²) in [7, 11) is 1.83.